The summed E-state index contributed by atoms with van der Waals surface area (Å²) in [6.07, 6.45) is 0. The Hall–Kier alpha value is -3.50. The van der Waals surface area contributed by atoms with Crippen LogP contribution in [0.1, 0.15) is 10.4 Å². The predicted molar refractivity (Wildman–Crippen MR) is 125 cm³/mol. The number of nitrogens with one attached hydrogen (secondary N) is 1. The van der Waals surface area contributed by atoms with Crippen LogP contribution >= 0.6 is 0 Å². The Bertz CT molecular complexity index is 1290. The van der Waals surface area contributed by atoms with Crippen LogP contribution in [0.2, 0.25) is 0 Å². The quantitative estimate of drug-likeness (QED) is 0.573. The molecular weight excluding hydrogens is 464 g/mol. The number of hydrogen-bond acceptors (Lipinski definition) is 5. The largest absolute Gasteiger partial charge is 0.495 e. The van der Waals surface area contributed by atoms with Gasteiger partial charge in [0.15, 0.2) is 0 Å². The van der Waals surface area contributed by atoms with Gasteiger partial charge in [0.2, 0.25) is 10.0 Å². The molecule has 1 amide bonds. The zero-order chi connectivity index (χ0) is 24.3. The van der Waals surface area contributed by atoms with Gasteiger partial charge in [-0.1, -0.05) is 12.1 Å². The minimum Gasteiger partial charge on any atom is -0.495 e. The lowest BCUT2D eigenvalue weighted by molar-refractivity contribution is 0.102. The van der Waals surface area contributed by atoms with Crippen molar-refractivity contribution in [1.82, 2.24) is 4.31 Å². The predicted octanol–water partition coefficient (Wildman–Crippen LogP) is 3.74. The molecule has 0 aliphatic carbocycles. The molecule has 1 fully saturated rings. The SMILES string of the molecule is COc1ccc(S(=O)(=O)N2CCN(c3ccc(F)cc3)CC2)cc1NC(=O)c1ccccc1F. The Labute approximate surface area is 196 Å². The van der Waals surface area contributed by atoms with Gasteiger partial charge in [0.25, 0.3) is 5.91 Å². The first-order chi connectivity index (χ1) is 16.3. The van der Waals surface area contributed by atoms with Gasteiger partial charge in [-0.2, -0.15) is 4.31 Å². The molecule has 3 aromatic carbocycles. The molecule has 1 aliphatic rings. The summed E-state index contributed by atoms with van der Waals surface area (Å²) in [4.78, 5) is 14.5. The summed E-state index contributed by atoms with van der Waals surface area (Å²) in [7, 11) is -2.48. The van der Waals surface area contributed by atoms with Crippen LogP contribution < -0.4 is 15.0 Å². The van der Waals surface area contributed by atoms with E-state index in [2.05, 4.69) is 5.32 Å². The molecule has 4 rings (SSSR count). The van der Waals surface area contributed by atoms with Crippen LogP contribution in [0.5, 0.6) is 5.75 Å². The number of piperazine rings is 1. The summed E-state index contributed by atoms with van der Waals surface area (Å²) in [6.45, 7) is 1.36. The van der Waals surface area contributed by atoms with Crippen LogP contribution in [0.4, 0.5) is 20.2 Å². The van der Waals surface area contributed by atoms with Crippen LogP contribution in [0.15, 0.2) is 71.6 Å². The molecule has 178 valence electrons. The standard InChI is InChI=1S/C24H23F2N3O4S/c1-33-23-11-10-19(16-22(23)27-24(30)20-4-2-3-5-21(20)26)34(31,32)29-14-12-28(13-15-29)18-8-6-17(25)7-9-18/h2-11,16H,12-15H2,1H3,(H,27,30). The number of halogens is 2. The Kier molecular flexibility index (Phi) is 6.80. The maximum absolute atomic E-state index is 14.0. The van der Waals surface area contributed by atoms with E-state index in [0.717, 1.165) is 5.69 Å². The summed E-state index contributed by atoms with van der Waals surface area (Å²) in [5, 5.41) is 2.54. The number of benzene rings is 3. The lowest BCUT2D eigenvalue weighted by Crippen LogP contribution is -2.48. The van der Waals surface area contributed by atoms with Crippen molar-refractivity contribution in [2.75, 3.05) is 43.5 Å². The molecule has 1 heterocycles. The monoisotopic (exact) mass is 487 g/mol. The second-order valence-corrected chi connectivity index (χ2v) is 9.60. The smallest absolute Gasteiger partial charge is 0.258 e. The van der Waals surface area contributed by atoms with E-state index in [0.29, 0.717) is 13.1 Å². The lowest BCUT2D eigenvalue weighted by atomic mass is 10.2. The zero-order valence-electron chi connectivity index (χ0n) is 18.4. The number of anilines is 2. The molecule has 0 unspecified atom stereocenters. The highest BCUT2D eigenvalue weighted by atomic mass is 32.2. The molecule has 7 nitrogen and oxygen atoms in total. The average molecular weight is 488 g/mol. The van der Waals surface area contributed by atoms with Crippen molar-refractivity contribution in [2.45, 2.75) is 4.90 Å². The van der Waals surface area contributed by atoms with Crippen LogP contribution in [0, 0.1) is 11.6 Å². The summed E-state index contributed by atoms with van der Waals surface area (Å²) in [5.74, 6) is -1.51. The minimum atomic E-state index is -3.86. The van der Waals surface area contributed by atoms with Gasteiger partial charge in [-0.25, -0.2) is 17.2 Å². The Balaban J connectivity index is 1.52. The number of carbonyl (C=O) groups excluding carboxylic acids is 1. The molecule has 0 spiro atoms. The van der Waals surface area contributed by atoms with Crippen molar-refractivity contribution in [1.29, 1.82) is 0 Å². The van der Waals surface area contributed by atoms with E-state index in [9.17, 15) is 22.0 Å². The van der Waals surface area contributed by atoms with Crippen LogP contribution in [-0.2, 0) is 10.0 Å². The summed E-state index contributed by atoms with van der Waals surface area (Å²) >= 11 is 0. The van der Waals surface area contributed by atoms with Crippen LogP contribution in [-0.4, -0.2) is 51.9 Å². The second kappa shape index (κ2) is 9.78. The van der Waals surface area contributed by atoms with Gasteiger partial charge in [-0.3, -0.25) is 4.79 Å². The van der Waals surface area contributed by atoms with Crippen LogP contribution in [0.25, 0.3) is 0 Å². The van der Waals surface area contributed by atoms with Gasteiger partial charge in [0, 0.05) is 31.9 Å². The fourth-order valence-corrected chi connectivity index (χ4v) is 5.22. The van der Waals surface area contributed by atoms with Gasteiger partial charge in [-0.05, 0) is 54.6 Å². The lowest BCUT2D eigenvalue weighted by Gasteiger charge is -2.35. The fraction of sp³-hybridized carbons (Fsp3) is 0.208. The van der Waals surface area contributed by atoms with Gasteiger partial charge in [-0.15, -0.1) is 0 Å². The zero-order valence-corrected chi connectivity index (χ0v) is 19.2. The molecule has 1 N–H and O–H groups in total. The van der Waals surface area contributed by atoms with Crippen molar-refractivity contribution in [3.05, 3.63) is 83.9 Å². The summed E-state index contributed by atoms with van der Waals surface area (Å²) < 4.78 is 60.3. The molecule has 1 aliphatic heterocycles. The minimum absolute atomic E-state index is 0.0210. The first-order valence-corrected chi connectivity index (χ1v) is 12.0. The van der Waals surface area contributed by atoms with Crippen molar-refractivity contribution in [2.24, 2.45) is 0 Å². The number of ether oxygens (including phenoxy) is 1. The van der Waals surface area contributed by atoms with E-state index in [1.54, 1.807) is 12.1 Å². The van der Waals surface area contributed by atoms with E-state index in [-0.39, 0.29) is 40.8 Å². The van der Waals surface area contributed by atoms with E-state index in [1.807, 2.05) is 4.90 Å². The second-order valence-electron chi connectivity index (χ2n) is 7.66. The van der Waals surface area contributed by atoms with Crippen molar-refractivity contribution >= 4 is 27.3 Å². The summed E-state index contributed by atoms with van der Waals surface area (Å²) in [5.41, 5.74) is 0.762. The third-order valence-electron chi connectivity index (χ3n) is 5.61. The molecule has 10 heteroatoms. The molecular formula is C24H23F2N3O4S. The Morgan fingerprint density at radius 3 is 2.26 bits per heavy atom. The molecule has 0 aromatic heterocycles. The highest BCUT2D eigenvalue weighted by Gasteiger charge is 2.29. The molecule has 3 aromatic rings. The maximum Gasteiger partial charge on any atom is 0.258 e. The third-order valence-corrected chi connectivity index (χ3v) is 7.50. The molecule has 0 radical (unpaired) electrons. The molecule has 0 saturated carbocycles. The average Bonchev–Trinajstić information content (AvgIpc) is 2.84. The molecule has 0 atom stereocenters. The van der Waals surface area contributed by atoms with Crippen molar-refractivity contribution < 1.29 is 26.7 Å². The van der Waals surface area contributed by atoms with Gasteiger partial charge in [0.1, 0.15) is 17.4 Å². The number of carbonyl (C=O) groups is 1. The number of hydrogen-bond donors (Lipinski definition) is 1. The molecule has 0 bridgehead atoms. The van der Waals surface area contributed by atoms with Gasteiger partial charge >= 0.3 is 0 Å². The molecule has 34 heavy (non-hydrogen) atoms. The van der Waals surface area contributed by atoms with Gasteiger partial charge < -0.3 is 15.0 Å². The third kappa shape index (κ3) is 4.87. The topological polar surface area (TPSA) is 79.0 Å². The summed E-state index contributed by atoms with van der Waals surface area (Å²) in [6, 6.07) is 15.7. The van der Waals surface area contributed by atoms with Gasteiger partial charge in [0.05, 0.1) is 23.3 Å². The Morgan fingerprint density at radius 1 is 0.941 bits per heavy atom. The highest BCUT2D eigenvalue weighted by molar-refractivity contribution is 7.89. The van der Waals surface area contributed by atoms with E-state index in [1.165, 1.54) is 66.0 Å². The van der Waals surface area contributed by atoms with E-state index >= 15 is 0 Å². The fourth-order valence-electron chi connectivity index (χ4n) is 3.77. The number of rotatable bonds is 6. The Morgan fingerprint density at radius 2 is 1.62 bits per heavy atom. The van der Waals surface area contributed by atoms with Crippen molar-refractivity contribution in [3.63, 3.8) is 0 Å². The van der Waals surface area contributed by atoms with E-state index < -0.39 is 21.7 Å². The number of methoxy groups -OCH3 is 1. The molecule has 1 saturated heterocycles. The maximum atomic E-state index is 14.0. The van der Waals surface area contributed by atoms with Crippen LogP contribution in [0.3, 0.4) is 0 Å². The number of nitrogens with zero attached hydrogens (tertiary/aromatic N) is 2. The number of amides is 1. The number of sulfonamides is 1. The normalized spacial score (nSPS) is 14.6. The first kappa shape index (κ1) is 23.7. The highest BCUT2D eigenvalue weighted by Crippen LogP contribution is 2.30. The van der Waals surface area contributed by atoms with Crippen molar-refractivity contribution in [3.8, 4) is 5.75 Å². The van der Waals surface area contributed by atoms with E-state index in [4.69, 9.17) is 4.74 Å². The first-order valence-electron chi connectivity index (χ1n) is 10.5.